The number of non-ortho nitro benzene ring substituents is 2. The standard InChI is InChI=1S/C24H17IN4O8/c1-35-21-9-15(8-19(25)23(21)36-13-14-3-2-4-17(7-14)28(31)32)12-26-27-24(30)22-11-16-10-18(29(33)34)5-6-20(16)37-22/h2-12H,13H2,1H3,(H,27,30)/b26-12+. The molecule has 1 heterocycles. The summed E-state index contributed by atoms with van der Waals surface area (Å²) in [7, 11) is 1.47. The second-order valence-corrected chi connectivity index (χ2v) is 8.70. The van der Waals surface area contributed by atoms with Gasteiger partial charge in [-0.3, -0.25) is 25.0 Å². The summed E-state index contributed by atoms with van der Waals surface area (Å²) in [6, 6.07) is 15.0. The first-order valence-corrected chi connectivity index (χ1v) is 11.6. The van der Waals surface area contributed by atoms with Crippen molar-refractivity contribution in [2.75, 3.05) is 7.11 Å². The molecule has 3 aromatic carbocycles. The Morgan fingerprint density at radius 3 is 2.57 bits per heavy atom. The molecule has 0 atom stereocenters. The van der Waals surface area contributed by atoms with Crippen molar-refractivity contribution < 1.29 is 28.5 Å². The molecule has 0 aliphatic carbocycles. The number of nitro groups is 2. The zero-order valence-electron chi connectivity index (χ0n) is 19.0. The fraction of sp³-hybridized carbons (Fsp3) is 0.0833. The molecule has 1 aromatic heterocycles. The van der Waals surface area contributed by atoms with Gasteiger partial charge in [-0.2, -0.15) is 5.10 Å². The normalized spacial score (nSPS) is 11.0. The Bertz CT molecular complexity index is 1550. The Labute approximate surface area is 222 Å². The minimum atomic E-state index is -0.631. The van der Waals surface area contributed by atoms with Crippen LogP contribution in [0.2, 0.25) is 0 Å². The highest BCUT2D eigenvalue weighted by molar-refractivity contribution is 14.1. The molecule has 1 amide bonds. The molecule has 4 aromatic rings. The number of furan rings is 1. The van der Waals surface area contributed by atoms with E-state index in [9.17, 15) is 25.0 Å². The van der Waals surface area contributed by atoms with E-state index in [1.54, 1.807) is 24.3 Å². The molecule has 0 aliphatic heterocycles. The van der Waals surface area contributed by atoms with Crippen LogP contribution in [0, 0.1) is 23.8 Å². The molecule has 0 bridgehead atoms. The van der Waals surface area contributed by atoms with Crippen molar-refractivity contribution in [3.8, 4) is 11.5 Å². The van der Waals surface area contributed by atoms with Crippen LogP contribution in [0.3, 0.4) is 0 Å². The number of ether oxygens (including phenoxy) is 2. The SMILES string of the molecule is COc1cc(/C=N/NC(=O)c2cc3cc([N+](=O)[O-])ccc3o2)cc(I)c1OCc1cccc([N+](=O)[O-])c1. The van der Waals surface area contributed by atoms with Gasteiger partial charge in [-0.1, -0.05) is 12.1 Å². The summed E-state index contributed by atoms with van der Waals surface area (Å²) >= 11 is 2.06. The van der Waals surface area contributed by atoms with E-state index in [4.69, 9.17) is 13.9 Å². The van der Waals surface area contributed by atoms with E-state index >= 15 is 0 Å². The lowest BCUT2D eigenvalue weighted by atomic mass is 10.2. The minimum Gasteiger partial charge on any atom is -0.493 e. The Kier molecular flexibility index (Phi) is 7.62. The van der Waals surface area contributed by atoms with Crippen LogP contribution in [0.15, 0.2) is 70.2 Å². The number of halogens is 1. The number of carbonyl (C=O) groups excluding carboxylic acids is 1. The van der Waals surface area contributed by atoms with Crippen LogP contribution in [-0.2, 0) is 6.61 Å². The van der Waals surface area contributed by atoms with Gasteiger partial charge in [-0.25, -0.2) is 5.43 Å². The molecule has 4 rings (SSSR count). The number of carbonyl (C=O) groups is 1. The second-order valence-electron chi connectivity index (χ2n) is 7.54. The number of hydrogen-bond acceptors (Lipinski definition) is 9. The molecule has 0 unspecified atom stereocenters. The summed E-state index contributed by atoms with van der Waals surface area (Å²) in [5, 5.41) is 26.3. The molecule has 37 heavy (non-hydrogen) atoms. The highest BCUT2D eigenvalue weighted by Gasteiger charge is 2.16. The Balaban J connectivity index is 1.44. The highest BCUT2D eigenvalue weighted by atomic mass is 127. The summed E-state index contributed by atoms with van der Waals surface area (Å²) in [5.41, 5.74) is 3.77. The lowest BCUT2D eigenvalue weighted by Gasteiger charge is -2.13. The zero-order chi connectivity index (χ0) is 26.5. The molecule has 0 saturated carbocycles. The van der Waals surface area contributed by atoms with E-state index in [-0.39, 0.29) is 23.7 Å². The van der Waals surface area contributed by atoms with Crippen molar-refractivity contribution in [1.82, 2.24) is 5.43 Å². The van der Waals surface area contributed by atoms with Crippen molar-refractivity contribution in [3.05, 3.63) is 101 Å². The average molecular weight is 616 g/mol. The van der Waals surface area contributed by atoms with Gasteiger partial charge in [0.1, 0.15) is 12.2 Å². The maximum Gasteiger partial charge on any atom is 0.307 e. The summed E-state index contributed by atoms with van der Waals surface area (Å²) in [5.74, 6) is 0.175. The second kappa shape index (κ2) is 11.0. The number of amides is 1. The summed E-state index contributed by atoms with van der Waals surface area (Å²) < 4.78 is 17.4. The van der Waals surface area contributed by atoms with Gasteiger partial charge in [0, 0.05) is 29.7 Å². The molecular formula is C24H17IN4O8. The number of nitrogens with one attached hydrogen (secondary N) is 1. The first kappa shape index (κ1) is 25.6. The van der Waals surface area contributed by atoms with Crippen LogP contribution >= 0.6 is 22.6 Å². The summed E-state index contributed by atoms with van der Waals surface area (Å²) in [4.78, 5) is 33.3. The lowest BCUT2D eigenvalue weighted by Crippen LogP contribution is -2.16. The largest absolute Gasteiger partial charge is 0.493 e. The summed E-state index contributed by atoms with van der Waals surface area (Å²) in [6.07, 6.45) is 1.40. The third kappa shape index (κ3) is 6.00. The number of benzene rings is 3. The summed E-state index contributed by atoms with van der Waals surface area (Å²) in [6.45, 7) is 0.0954. The number of nitrogens with zero attached hydrogens (tertiary/aromatic N) is 3. The number of hydrazone groups is 1. The molecule has 0 spiro atoms. The minimum absolute atomic E-state index is 0.0275. The Morgan fingerprint density at radius 2 is 1.84 bits per heavy atom. The van der Waals surface area contributed by atoms with E-state index < -0.39 is 15.8 Å². The number of methoxy groups -OCH3 is 1. The highest BCUT2D eigenvalue weighted by Crippen LogP contribution is 2.34. The fourth-order valence-corrected chi connectivity index (χ4v) is 4.13. The smallest absolute Gasteiger partial charge is 0.307 e. The van der Waals surface area contributed by atoms with Gasteiger partial charge in [0.25, 0.3) is 11.4 Å². The molecule has 188 valence electrons. The number of rotatable bonds is 9. The Hall–Kier alpha value is -4.53. The van der Waals surface area contributed by atoms with Crippen molar-refractivity contribution >= 4 is 57.1 Å². The number of hydrogen-bond donors (Lipinski definition) is 1. The zero-order valence-corrected chi connectivity index (χ0v) is 21.2. The van der Waals surface area contributed by atoms with E-state index in [0.717, 1.165) is 0 Å². The van der Waals surface area contributed by atoms with Gasteiger partial charge in [-0.05, 0) is 58.0 Å². The molecule has 12 nitrogen and oxygen atoms in total. The molecule has 1 N–H and O–H groups in total. The molecular weight excluding hydrogens is 599 g/mol. The van der Waals surface area contributed by atoms with E-state index in [0.29, 0.717) is 37.2 Å². The van der Waals surface area contributed by atoms with Crippen molar-refractivity contribution in [3.63, 3.8) is 0 Å². The number of fused-ring (bicyclic) bond motifs is 1. The molecule has 13 heteroatoms. The van der Waals surface area contributed by atoms with Gasteiger partial charge in [-0.15, -0.1) is 0 Å². The average Bonchev–Trinajstić information content (AvgIpc) is 3.31. The van der Waals surface area contributed by atoms with E-state index in [1.165, 1.54) is 49.7 Å². The number of nitro benzene ring substituents is 2. The van der Waals surface area contributed by atoms with Crippen LogP contribution in [0.25, 0.3) is 11.0 Å². The van der Waals surface area contributed by atoms with Crippen LogP contribution in [-0.4, -0.2) is 29.1 Å². The van der Waals surface area contributed by atoms with Gasteiger partial charge >= 0.3 is 5.91 Å². The molecule has 0 aliphatic rings. The molecule has 0 radical (unpaired) electrons. The van der Waals surface area contributed by atoms with Crippen LogP contribution in [0.4, 0.5) is 11.4 Å². The van der Waals surface area contributed by atoms with E-state index in [1.807, 2.05) is 0 Å². The topological polar surface area (TPSA) is 159 Å². The monoisotopic (exact) mass is 616 g/mol. The predicted octanol–water partition coefficient (Wildman–Crippen LogP) is 5.21. The fourth-order valence-electron chi connectivity index (χ4n) is 3.35. The quantitative estimate of drug-likeness (QED) is 0.116. The third-order valence-electron chi connectivity index (χ3n) is 5.07. The van der Waals surface area contributed by atoms with Crippen LogP contribution in [0.1, 0.15) is 21.7 Å². The third-order valence-corrected chi connectivity index (χ3v) is 5.87. The first-order valence-electron chi connectivity index (χ1n) is 10.5. The maximum atomic E-state index is 12.4. The maximum absolute atomic E-state index is 12.4. The van der Waals surface area contributed by atoms with Crippen LogP contribution in [0.5, 0.6) is 11.5 Å². The van der Waals surface area contributed by atoms with E-state index in [2.05, 4.69) is 33.1 Å². The van der Waals surface area contributed by atoms with Gasteiger partial charge < -0.3 is 13.9 Å². The van der Waals surface area contributed by atoms with Gasteiger partial charge in [0.15, 0.2) is 17.3 Å². The van der Waals surface area contributed by atoms with Crippen molar-refractivity contribution in [2.24, 2.45) is 5.10 Å². The molecule has 0 fully saturated rings. The van der Waals surface area contributed by atoms with Crippen molar-refractivity contribution in [2.45, 2.75) is 6.61 Å². The molecule has 0 saturated heterocycles. The first-order chi connectivity index (χ1) is 17.7. The predicted molar refractivity (Wildman–Crippen MR) is 141 cm³/mol. The Morgan fingerprint density at radius 1 is 1.08 bits per heavy atom. The van der Waals surface area contributed by atoms with Gasteiger partial charge in [0.2, 0.25) is 0 Å². The lowest BCUT2D eigenvalue weighted by molar-refractivity contribution is -0.385. The van der Waals surface area contributed by atoms with Crippen LogP contribution < -0.4 is 14.9 Å². The van der Waals surface area contributed by atoms with Gasteiger partial charge in [0.05, 0.1) is 26.7 Å². The van der Waals surface area contributed by atoms with Crippen molar-refractivity contribution in [1.29, 1.82) is 0 Å².